The van der Waals surface area contributed by atoms with E-state index in [0.717, 1.165) is 26.2 Å². The highest BCUT2D eigenvalue weighted by molar-refractivity contribution is 7.52. The van der Waals surface area contributed by atoms with Crippen molar-refractivity contribution in [2.24, 2.45) is 0 Å². The van der Waals surface area contributed by atoms with Crippen molar-refractivity contribution in [1.82, 2.24) is 10.2 Å². The summed E-state index contributed by atoms with van der Waals surface area (Å²) >= 11 is 0. The van der Waals surface area contributed by atoms with Gasteiger partial charge in [0.1, 0.15) is 6.29 Å². The number of piperazine rings is 1. The topological polar surface area (TPSA) is 63.9 Å². The van der Waals surface area contributed by atoms with Crippen molar-refractivity contribution in [3.63, 3.8) is 0 Å². The lowest BCUT2D eigenvalue weighted by molar-refractivity contribution is 0.234. The van der Waals surface area contributed by atoms with Gasteiger partial charge in [-0.3, -0.25) is 9.46 Å². The first kappa shape index (κ1) is 10.2. The SMILES string of the molecule is COP(=O)(O)CN1CC[N]CC1. The van der Waals surface area contributed by atoms with Crippen LogP contribution >= 0.6 is 7.60 Å². The number of nitrogens with zero attached hydrogens (tertiary/aromatic N) is 2. The third kappa shape index (κ3) is 3.21. The average molecular weight is 193 g/mol. The Kier molecular flexibility index (Phi) is 3.68. The van der Waals surface area contributed by atoms with Crippen LogP contribution in [-0.2, 0) is 9.09 Å². The number of rotatable bonds is 3. The monoisotopic (exact) mass is 193 g/mol. The standard InChI is InChI=1S/C6H14N2O3P/c1-11-12(9,10)6-8-4-2-7-3-5-8/h2-6H2,1H3,(H,9,10). The molecule has 0 amide bonds. The molecule has 0 spiro atoms. The quantitative estimate of drug-likeness (QED) is 0.625. The maximum Gasteiger partial charge on any atom is 0.341 e. The van der Waals surface area contributed by atoms with Crippen molar-refractivity contribution in [2.45, 2.75) is 0 Å². The Hall–Kier alpha value is 0.0700. The Labute approximate surface area is 72.2 Å². The Morgan fingerprint density at radius 1 is 1.58 bits per heavy atom. The average Bonchev–Trinajstić information content (AvgIpc) is 2.06. The van der Waals surface area contributed by atoms with E-state index in [1.54, 1.807) is 0 Å². The van der Waals surface area contributed by atoms with E-state index in [-0.39, 0.29) is 6.29 Å². The van der Waals surface area contributed by atoms with Gasteiger partial charge in [-0.25, -0.2) is 5.32 Å². The lowest BCUT2D eigenvalue weighted by Crippen LogP contribution is -2.40. The van der Waals surface area contributed by atoms with Crippen LogP contribution < -0.4 is 5.32 Å². The summed E-state index contributed by atoms with van der Waals surface area (Å²) in [6.45, 7) is 3.02. The van der Waals surface area contributed by atoms with E-state index in [1.165, 1.54) is 7.11 Å². The van der Waals surface area contributed by atoms with Crippen LogP contribution in [0.3, 0.4) is 0 Å². The maximum atomic E-state index is 11.1. The van der Waals surface area contributed by atoms with E-state index < -0.39 is 7.60 Å². The smallest absolute Gasteiger partial charge is 0.323 e. The normalized spacial score (nSPS) is 25.2. The van der Waals surface area contributed by atoms with Crippen molar-refractivity contribution < 1.29 is 14.0 Å². The summed E-state index contributed by atoms with van der Waals surface area (Å²) < 4.78 is 15.6. The van der Waals surface area contributed by atoms with Crippen LogP contribution in [0.2, 0.25) is 0 Å². The molecule has 0 aromatic carbocycles. The molecule has 1 heterocycles. The fourth-order valence-electron chi connectivity index (χ4n) is 1.10. The van der Waals surface area contributed by atoms with Gasteiger partial charge < -0.3 is 9.42 Å². The van der Waals surface area contributed by atoms with Gasteiger partial charge in [-0.05, 0) is 0 Å². The lowest BCUT2D eigenvalue weighted by atomic mass is 10.4. The fourth-order valence-corrected chi connectivity index (χ4v) is 2.00. The summed E-state index contributed by atoms with van der Waals surface area (Å²) in [6.07, 6.45) is 0.124. The van der Waals surface area contributed by atoms with Crippen LogP contribution in [0, 0.1) is 0 Å². The van der Waals surface area contributed by atoms with Crippen LogP contribution in [0.1, 0.15) is 0 Å². The molecule has 1 fully saturated rings. The number of hydrogen-bond donors (Lipinski definition) is 1. The second-order valence-corrected chi connectivity index (χ2v) is 4.67. The van der Waals surface area contributed by atoms with Gasteiger partial charge in [-0.1, -0.05) is 0 Å². The van der Waals surface area contributed by atoms with E-state index in [9.17, 15) is 4.57 Å². The van der Waals surface area contributed by atoms with E-state index in [2.05, 4.69) is 9.84 Å². The molecular weight excluding hydrogens is 179 g/mol. The van der Waals surface area contributed by atoms with Gasteiger partial charge in [0.25, 0.3) is 0 Å². The Balaban J connectivity index is 2.34. The molecule has 0 aromatic heterocycles. The predicted molar refractivity (Wildman–Crippen MR) is 45.1 cm³/mol. The van der Waals surface area contributed by atoms with Gasteiger partial charge >= 0.3 is 7.60 Å². The molecule has 1 atom stereocenters. The van der Waals surface area contributed by atoms with Crippen molar-refractivity contribution in [3.8, 4) is 0 Å². The minimum atomic E-state index is -3.36. The molecule has 71 valence electrons. The molecule has 0 aromatic rings. The zero-order valence-corrected chi connectivity index (χ0v) is 8.04. The molecule has 6 heteroatoms. The Morgan fingerprint density at radius 2 is 2.17 bits per heavy atom. The molecular formula is C6H14N2O3P. The molecule has 1 aliphatic rings. The molecule has 1 saturated heterocycles. The van der Waals surface area contributed by atoms with Gasteiger partial charge in [-0.2, -0.15) is 0 Å². The first-order chi connectivity index (χ1) is 5.64. The summed E-state index contributed by atoms with van der Waals surface area (Å²) in [7, 11) is -2.10. The highest BCUT2D eigenvalue weighted by Crippen LogP contribution is 2.41. The minimum Gasteiger partial charge on any atom is -0.323 e. The molecule has 1 unspecified atom stereocenters. The molecule has 12 heavy (non-hydrogen) atoms. The Bertz CT molecular complexity index is 182. The summed E-state index contributed by atoms with van der Waals surface area (Å²) in [5, 5.41) is 4.13. The van der Waals surface area contributed by atoms with Crippen molar-refractivity contribution in [3.05, 3.63) is 0 Å². The van der Waals surface area contributed by atoms with Gasteiger partial charge in [-0.15, -0.1) is 0 Å². The second-order valence-electron chi connectivity index (χ2n) is 2.75. The van der Waals surface area contributed by atoms with E-state index in [4.69, 9.17) is 4.89 Å². The van der Waals surface area contributed by atoms with Gasteiger partial charge in [0.15, 0.2) is 0 Å². The van der Waals surface area contributed by atoms with Crippen LogP contribution in [0.4, 0.5) is 0 Å². The third-order valence-electron chi connectivity index (χ3n) is 1.81. The summed E-state index contributed by atoms with van der Waals surface area (Å²) in [6, 6.07) is 0. The molecule has 0 aliphatic carbocycles. The zero-order valence-electron chi connectivity index (χ0n) is 7.14. The largest absolute Gasteiger partial charge is 0.341 e. The maximum absolute atomic E-state index is 11.1. The number of hydrogen-bond acceptors (Lipinski definition) is 3. The van der Waals surface area contributed by atoms with Crippen molar-refractivity contribution in [1.29, 1.82) is 0 Å². The molecule has 5 nitrogen and oxygen atoms in total. The molecule has 1 N–H and O–H groups in total. The van der Waals surface area contributed by atoms with Crippen molar-refractivity contribution in [2.75, 3.05) is 39.6 Å². The lowest BCUT2D eigenvalue weighted by Gasteiger charge is -2.27. The first-order valence-corrected chi connectivity index (χ1v) is 5.63. The molecule has 1 rings (SSSR count). The van der Waals surface area contributed by atoms with E-state index in [0.29, 0.717) is 0 Å². The van der Waals surface area contributed by atoms with Crippen LogP contribution in [-0.4, -0.2) is 49.4 Å². The molecule has 1 aliphatic heterocycles. The highest BCUT2D eigenvalue weighted by atomic mass is 31.2. The van der Waals surface area contributed by atoms with Crippen LogP contribution in [0.5, 0.6) is 0 Å². The summed E-state index contributed by atoms with van der Waals surface area (Å²) in [5.41, 5.74) is 0. The minimum absolute atomic E-state index is 0.124. The third-order valence-corrected chi connectivity index (χ3v) is 3.14. The highest BCUT2D eigenvalue weighted by Gasteiger charge is 2.22. The second kappa shape index (κ2) is 4.35. The zero-order chi connectivity index (χ0) is 9.03. The van der Waals surface area contributed by atoms with E-state index >= 15 is 0 Å². The Morgan fingerprint density at radius 3 is 2.67 bits per heavy atom. The molecule has 0 bridgehead atoms. The van der Waals surface area contributed by atoms with Gasteiger partial charge in [0.2, 0.25) is 0 Å². The van der Waals surface area contributed by atoms with Crippen molar-refractivity contribution >= 4 is 7.60 Å². The van der Waals surface area contributed by atoms with Gasteiger partial charge in [0, 0.05) is 33.3 Å². The first-order valence-electron chi connectivity index (χ1n) is 3.87. The van der Waals surface area contributed by atoms with E-state index in [1.807, 2.05) is 4.90 Å². The fraction of sp³-hybridized carbons (Fsp3) is 1.00. The van der Waals surface area contributed by atoms with Gasteiger partial charge in [0.05, 0.1) is 0 Å². The molecule has 0 saturated carbocycles. The summed E-state index contributed by atoms with van der Waals surface area (Å²) in [5.74, 6) is 0. The molecule has 1 radical (unpaired) electrons. The predicted octanol–water partition coefficient (Wildman–Crippen LogP) is -0.304. The summed E-state index contributed by atoms with van der Waals surface area (Å²) in [4.78, 5) is 11.0. The van der Waals surface area contributed by atoms with Crippen LogP contribution in [0.15, 0.2) is 0 Å². The van der Waals surface area contributed by atoms with Crippen LogP contribution in [0.25, 0.3) is 0 Å².